The van der Waals surface area contributed by atoms with Crippen LogP contribution in [-0.4, -0.2) is 64.5 Å². The summed E-state index contributed by atoms with van der Waals surface area (Å²) in [6, 6.07) is 2.63. The molecule has 1 N–H and O–H groups in total. The number of aromatic nitrogens is 2. The molecule has 2 aromatic heterocycles. The van der Waals surface area contributed by atoms with Crippen molar-refractivity contribution in [3.8, 4) is 10.6 Å². The molecule has 3 unspecified atom stereocenters. The Balaban J connectivity index is 1.57. The lowest BCUT2D eigenvalue weighted by molar-refractivity contribution is -0.215. The SMILES string of the molecule is COC(c1cc(-c2nccs2)c2oc(N3CC4CCC(C3)N4C(=O)O)nc2c1)C(F)(F)F. The lowest BCUT2D eigenvalue weighted by atomic mass is 10.0. The molecule has 3 atom stereocenters. The highest BCUT2D eigenvalue weighted by atomic mass is 32.1. The lowest BCUT2D eigenvalue weighted by Crippen LogP contribution is -2.55. The number of amides is 1. The van der Waals surface area contributed by atoms with Crippen molar-refractivity contribution in [3.05, 3.63) is 29.3 Å². The number of halogens is 3. The number of rotatable bonds is 4. The summed E-state index contributed by atoms with van der Waals surface area (Å²) < 4.78 is 51.4. The highest BCUT2D eigenvalue weighted by Gasteiger charge is 2.44. The van der Waals surface area contributed by atoms with Gasteiger partial charge in [0, 0.05) is 31.8 Å². The van der Waals surface area contributed by atoms with Crippen LogP contribution in [0.3, 0.4) is 0 Å². The molecule has 32 heavy (non-hydrogen) atoms. The van der Waals surface area contributed by atoms with Gasteiger partial charge in [0.15, 0.2) is 11.7 Å². The number of nitrogens with zero attached hydrogens (tertiary/aromatic N) is 4. The summed E-state index contributed by atoms with van der Waals surface area (Å²) in [6.07, 6.45) is -4.58. The van der Waals surface area contributed by atoms with Gasteiger partial charge >= 0.3 is 12.3 Å². The zero-order valence-electron chi connectivity index (χ0n) is 16.9. The van der Waals surface area contributed by atoms with E-state index in [-0.39, 0.29) is 29.2 Å². The average Bonchev–Trinajstić information content (AvgIpc) is 3.45. The summed E-state index contributed by atoms with van der Waals surface area (Å²) in [5, 5.41) is 11.7. The van der Waals surface area contributed by atoms with Crippen molar-refractivity contribution < 1.29 is 32.2 Å². The van der Waals surface area contributed by atoms with E-state index in [9.17, 15) is 23.1 Å². The molecule has 2 bridgehead atoms. The number of hydrogen-bond donors (Lipinski definition) is 1. The zero-order valence-corrected chi connectivity index (χ0v) is 17.7. The minimum atomic E-state index is -4.60. The minimum absolute atomic E-state index is 0.0895. The van der Waals surface area contributed by atoms with Crippen molar-refractivity contribution in [2.75, 3.05) is 25.1 Å². The first kappa shape index (κ1) is 21.0. The van der Waals surface area contributed by atoms with Gasteiger partial charge in [0.25, 0.3) is 6.01 Å². The highest BCUT2D eigenvalue weighted by molar-refractivity contribution is 7.13. The number of anilines is 1. The smallest absolute Gasteiger partial charge is 0.418 e. The summed E-state index contributed by atoms with van der Waals surface area (Å²) in [5.74, 6) is 0. The average molecular weight is 468 g/mol. The van der Waals surface area contributed by atoms with Crippen LogP contribution >= 0.6 is 11.3 Å². The predicted octanol–water partition coefficient (Wildman–Crippen LogP) is 4.53. The van der Waals surface area contributed by atoms with E-state index in [0.29, 0.717) is 29.2 Å². The van der Waals surface area contributed by atoms with Gasteiger partial charge in [0.05, 0.1) is 17.6 Å². The number of hydrogen-bond acceptors (Lipinski definition) is 7. The molecule has 2 aliphatic rings. The highest BCUT2D eigenvalue weighted by Crippen LogP contribution is 2.41. The van der Waals surface area contributed by atoms with Crippen LogP contribution in [0.2, 0.25) is 0 Å². The van der Waals surface area contributed by atoms with E-state index in [1.807, 2.05) is 4.90 Å². The zero-order chi connectivity index (χ0) is 22.6. The van der Waals surface area contributed by atoms with E-state index >= 15 is 0 Å². The molecule has 0 radical (unpaired) electrons. The van der Waals surface area contributed by atoms with E-state index < -0.39 is 18.4 Å². The van der Waals surface area contributed by atoms with Gasteiger partial charge in [-0.2, -0.15) is 18.2 Å². The number of fused-ring (bicyclic) bond motifs is 3. The van der Waals surface area contributed by atoms with Crippen molar-refractivity contribution >= 4 is 34.5 Å². The first-order chi connectivity index (χ1) is 15.3. The maximum absolute atomic E-state index is 13.5. The number of thiazole rings is 1. The molecule has 2 aliphatic heterocycles. The minimum Gasteiger partial charge on any atom is -0.465 e. The second-order valence-corrected chi connectivity index (χ2v) is 8.78. The maximum atomic E-state index is 13.5. The molecular formula is C20H19F3N4O4S. The van der Waals surface area contributed by atoms with Crippen molar-refractivity contribution in [1.29, 1.82) is 0 Å². The molecule has 0 aliphatic carbocycles. The van der Waals surface area contributed by atoms with Gasteiger partial charge in [-0.3, -0.25) is 4.90 Å². The summed E-state index contributed by atoms with van der Waals surface area (Å²) in [7, 11) is 1.01. The number of carbonyl (C=O) groups is 1. The van der Waals surface area contributed by atoms with Crippen LogP contribution in [0.1, 0.15) is 24.5 Å². The number of piperazine rings is 1. The number of carboxylic acid groups (broad SMARTS) is 1. The molecule has 2 saturated heterocycles. The fourth-order valence-corrected chi connectivity index (χ4v) is 5.33. The lowest BCUT2D eigenvalue weighted by Gasteiger charge is -2.38. The van der Waals surface area contributed by atoms with E-state index in [4.69, 9.17) is 9.15 Å². The predicted molar refractivity (Wildman–Crippen MR) is 110 cm³/mol. The second-order valence-electron chi connectivity index (χ2n) is 7.89. The largest absolute Gasteiger partial charge is 0.465 e. The van der Waals surface area contributed by atoms with E-state index in [2.05, 4.69) is 9.97 Å². The fraction of sp³-hybridized carbons (Fsp3) is 0.450. The van der Waals surface area contributed by atoms with Crippen LogP contribution in [0.15, 0.2) is 28.1 Å². The maximum Gasteiger partial charge on any atom is 0.418 e. The summed E-state index contributed by atoms with van der Waals surface area (Å²) in [4.78, 5) is 23.6. The van der Waals surface area contributed by atoms with Crippen LogP contribution in [0.25, 0.3) is 21.7 Å². The van der Waals surface area contributed by atoms with Gasteiger partial charge in [-0.15, -0.1) is 11.3 Å². The topological polar surface area (TPSA) is 91.9 Å². The van der Waals surface area contributed by atoms with Crippen molar-refractivity contribution in [2.24, 2.45) is 0 Å². The molecular weight excluding hydrogens is 449 g/mol. The third-order valence-electron chi connectivity index (χ3n) is 5.97. The van der Waals surface area contributed by atoms with Gasteiger partial charge in [0.1, 0.15) is 10.5 Å². The molecule has 3 aromatic rings. The van der Waals surface area contributed by atoms with Crippen LogP contribution in [0, 0.1) is 0 Å². The van der Waals surface area contributed by atoms with Crippen molar-refractivity contribution in [3.63, 3.8) is 0 Å². The molecule has 12 heteroatoms. The Hall–Kier alpha value is -2.86. The Bertz CT molecular complexity index is 1140. The Morgan fingerprint density at radius 3 is 2.59 bits per heavy atom. The number of oxazole rings is 1. The van der Waals surface area contributed by atoms with Crippen molar-refractivity contribution in [1.82, 2.24) is 14.9 Å². The van der Waals surface area contributed by atoms with Crippen LogP contribution in [0.5, 0.6) is 0 Å². The molecule has 1 amide bonds. The number of methoxy groups -OCH3 is 1. The molecule has 0 saturated carbocycles. The summed E-state index contributed by atoms with van der Waals surface area (Å²) >= 11 is 1.28. The third kappa shape index (κ3) is 3.47. The van der Waals surface area contributed by atoms with Gasteiger partial charge in [-0.25, -0.2) is 9.78 Å². The van der Waals surface area contributed by atoms with Crippen LogP contribution in [-0.2, 0) is 4.74 Å². The number of ether oxygens (including phenoxy) is 1. The molecule has 170 valence electrons. The van der Waals surface area contributed by atoms with Crippen LogP contribution < -0.4 is 4.90 Å². The Morgan fingerprint density at radius 1 is 1.31 bits per heavy atom. The van der Waals surface area contributed by atoms with Crippen LogP contribution in [0.4, 0.5) is 24.0 Å². The third-order valence-corrected chi connectivity index (χ3v) is 6.78. The normalized spacial score (nSPS) is 22.0. The van der Waals surface area contributed by atoms with E-state index in [1.54, 1.807) is 11.6 Å². The van der Waals surface area contributed by atoms with Gasteiger partial charge < -0.3 is 19.2 Å². The van der Waals surface area contributed by atoms with Gasteiger partial charge in [0.2, 0.25) is 0 Å². The van der Waals surface area contributed by atoms with E-state index in [1.165, 1.54) is 28.4 Å². The van der Waals surface area contributed by atoms with E-state index in [0.717, 1.165) is 20.0 Å². The Labute approximate surface area is 184 Å². The Kier molecular flexibility index (Phi) is 5.01. The molecule has 1 aromatic carbocycles. The number of benzene rings is 1. The molecule has 4 heterocycles. The first-order valence-corrected chi connectivity index (χ1v) is 10.8. The standard InChI is InChI=1S/C20H19F3N4O4S/c1-30-16(20(21,22)23)10-6-13(17-24-4-5-32-17)15-14(7-10)25-18(31-15)26-8-11-2-3-12(9-26)27(11)19(28)29/h4-7,11-12,16H,2-3,8-9H2,1H3,(H,28,29). The summed E-state index contributed by atoms with van der Waals surface area (Å²) in [6.45, 7) is 0.830. The molecule has 5 rings (SSSR count). The fourth-order valence-electron chi connectivity index (χ4n) is 4.67. The molecule has 2 fully saturated rings. The van der Waals surface area contributed by atoms with Gasteiger partial charge in [-0.1, -0.05) is 0 Å². The monoisotopic (exact) mass is 468 g/mol. The molecule has 8 nitrogen and oxygen atoms in total. The van der Waals surface area contributed by atoms with Crippen molar-refractivity contribution in [2.45, 2.75) is 37.2 Å². The Morgan fingerprint density at radius 2 is 2.03 bits per heavy atom. The molecule has 0 spiro atoms. The quantitative estimate of drug-likeness (QED) is 0.601. The summed E-state index contributed by atoms with van der Waals surface area (Å²) in [5.41, 5.74) is 0.920. The first-order valence-electron chi connectivity index (χ1n) is 9.96. The number of alkyl halides is 3. The van der Waals surface area contributed by atoms with Gasteiger partial charge in [-0.05, 0) is 30.5 Å². The second kappa shape index (κ2) is 7.62.